The molecular formula is C12H15BrO3. The maximum atomic E-state index is 11.3. The monoisotopic (exact) mass is 286 g/mol. The molecule has 0 amide bonds. The number of rotatable bonds is 5. The average Bonchev–Trinajstić information content (AvgIpc) is 2.23. The van der Waals surface area contributed by atoms with Crippen molar-refractivity contribution in [1.82, 2.24) is 0 Å². The lowest BCUT2D eigenvalue weighted by atomic mass is 10.1. The molecule has 0 aliphatic carbocycles. The van der Waals surface area contributed by atoms with E-state index in [-0.39, 0.29) is 5.78 Å². The summed E-state index contributed by atoms with van der Waals surface area (Å²) in [5, 5.41) is 0. The molecule has 0 aromatic heterocycles. The normalized spacial score (nSPS) is 10.0. The molecule has 1 rings (SSSR count). The molecule has 0 saturated heterocycles. The first-order valence-electron chi connectivity index (χ1n) is 5.20. The van der Waals surface area contributed by atoms with Gasteiger partial charge in [-0.25, -0.2) is 0 Å². The Morgan fingerprint density at radius 3 is 2.38 bits per heavy atom. The zero-order chi connectivity index (χ0) is 12.1. The van der Waals surface area contributed by atoms with Crippen LogP contribution in [0.25, 0.3) is 0 Å². The van der Waals surface area contributed by atoms with Gasteiger partial charge >= 0.3 is 0 Å². The molecule has 0 unspecified atom stereocenters. The fourth-order valence-corrected chi connectivity index (χ4v) is 1.88. The van der Waals surface area contributed by atoms with Crippen LogP contribution < -0.4 is 9.47 Å². The highest BCUT2D eigenvalue weighted by molar-refractivity contribution is 9.10. The van der Waals surface area contributed by atoms with Crippen LogP contribution in [0.2, 0.25) is 0 Å². The molecule has 0 aliphatic rings. The summed E-state index contributed by atoms with van der Waals surface area (Å²) >= 11 is 3.38. The Morgan fingerprint density at radius 2 is 1.88 bits per heavy atom. The fourth-order valence-electron chi connectivity index (χ4n) is 1.32. The number of halogens is 1. The summed E-state index contributed by atoms with van der Waals surface area (Å²) in [6.07, 6.45) is 0. The number of carbonyl (C=O) groups excluding carboxylic acids is 1. The van der Waals surface area contributed by atoms with Crippen LogP contribution in [0.3, 0.4) is 0 Å². The molecule has 88 valence electrons. The van der Waals surface area contributed by atoms with Crippen LogP contribution in [-0.2, 0) is 0 Å². The van der Waals surface area contributed by atoms with Gasteiger partial charge in [0.2, 0.25) is 0 Å². The summed E-state index contributed by atoms with van der Waals surface area (Å²) in [6, 6.07) is 3.46. The second kappa shape index (κ2) is 5.89. The van der Waals surface area contributed by atoms with Gasteiger partial charge in [0.05, 0.1) is 17.7 Å². The zero-order valence-electron chi connectivity index (χ0n) is 9.67. The summed E-state index contributed by atoms with van der Waals surface area (Å²) < 4.78 is 11.7. The Bertz CT molecular complexity index is 388. The number of benzene rings is 1. The minimum atomic E-state index is 0.00435. The summed E-state index contributed by atoms with van der Waals surface area (Å²) in [7, 11) is 0. The van der Waals surface area contributed by atoms with E-state index in [9.17, 15) is 4.79 Å². The molecule has 0 saturated carbocycles. The van der Waals surface area contributed by atoms with E-state index < -0.39 is 0 Å². The standard InChI is InChI=1S/C12H15BrO3/c1-4-15-11-7-9(8(3)14)6-10(13)12(11)16-5-2/h6-7H,4-5H2,1-3H3. The quantitative estimate of drug-likeness (QED) is 0.778. The number of carbonyl (C=O) groups is 1. The van der Waals surface area contributed by atoms with E-state index in [1.165, 1.54) is 6.92 Å². The predicted molar refractivity (Wildman–Crippen MR) is 66.5 cm³/mol. The lowest BCUT2D eigenvalue weighted by Crippen LogP contribution is -2.02. The van der Waals surface area contributed by atoms with E-state index in [1.54, 1.807) is 12.1 Å². The lowest BCUT2D eigenvalue weighted by molar-refractivity contribution is 0.101. The van der Waals surface area contributed by atoms with E-state index in [4.69, 9.17) is 9.47 Å². The molecule has 0 spiro atoms. The van der Waals surface area contributed by atoms with Crippen LogP contribution in [0.1, 0.15) is 31.1 Å². The zero-order valence-corrected chi connectivity index (χ0v) is 11.3. The van der Waals surface area contributed by atoms with Crippen molar-refractivity contribution in [2.45, 2.75) is 20.8 Å². The van der Waals surface area contributed by atoms with Crippen molar-refractivity contribution in [3.8, 4) is 11.5 Å². The Labute approximate surface area is 104 Å². The maximum absolute atomic E-state index is 11.3. The van der Waals surface area contributed by atoms with E-state index in [0.717, 1.165) is 4.47 Å². The van der Waals surface area contributed by atoms with Crippen molar-refractivity contribution in [1.29, 1.82) is 0 Å². The SMILES string of the molecule is CCOc1cc(C(C)=O)cc(Br)c1OCC. The van der Waals surface area contributed by atoms with E-state index >= 15 is 0 Å². The Morgan fingerprint density at radius 1 is 1.25 bits per heavy atom. The van der Waals surface area contributed by atoms with Crippen molar-refractivity contribution < 1.29 is 14.3 Å². The third kappa shape index (κ3) is 2.98. The topological polar surface area (TPSA) is 35.5 Å². The van der Waals surface area contributed by atoms with Gasteiger partial charge in [-0.15, -0.1) is 0 Å². The Kier molecular flexibility index (Phi) is 4.80. The molecule has 0 bridgehead atoms. The van der Waals surface area contributed by atoms with Crippen molar-refractivity contribution in [3.05, 3.63) is 22.2 Å². The van der Waals surface area contributed by atoms with Crippen molar-refractivity contribution >= 4 is 21.7 Å². The number of hydrogen-bond donors (Lipinski definition) is 0. The summed E-state index contributed by atoms with van der Waals surface area (Å²) in [5.41, 5.74) is 0.610. The first-order chi connectivity index (χ1) is 7.60. The highest BCUT2D eigenvalue weighted by Crippen LogP contribution is 2.36. The highest BCUT2D eigenvalue weighted by Gasteiger charge is 2.13. The van der Waals surface area contributed by atoms with Gasteiger partial charge in [-0.05, 0) is 48.8 Å². The minimum absolute atomic E-state index is 0.00435. The molecule has 0 aliphatic heterocycles. The van der Waals surface area contributed by atoms with Crippen molar-refractivity contribution in [3.63, 3.8) is 0 Å². The summed E-state index contributed by atoms with van der Waals surface area (Å²) in [4.78, 5) is 11.3. The lowest BCUT2D eigenvalue weighted by Gasteiger charge is -2.13. The van der Waals surface area contributed by atoms with Crippen LogP contribution in [0.5, 0.6) is 11.5 Å². The molecule has 3 nitrogen and oxygen atoms in total. The van der Waals surface area contributed by atoms with Gasteiger partial charge < -0.3 is 9.47 Å². The van der Waals surface area contributed by atoms with Gasteiger partial charge in [-0.1, -0.05) is 0 Å². The molecule has 16 heavy (non-hydrogen) atoms. The molecule has 1 aromatic carbocycles. The molecule has 1 aromatic rings. The average molecular weight is 287 g/mol. The number of ketones is 1. The molecule has 0 heterocycles. The van der Waals surface area contributed by atoms with Gasteiger partial charge in [0.1, 0.15) is 0 Å². The smallest absolute Gasteiger partial charge is 0.175 e. The van der Waals surface area contributed by atoms with Gasteiger partial charge in [0.25, 0.3) is 0 Å². The molecule has 0 radical (unpaired) electrons. The van der Waals surface area contributed by atoms with Gasteiger partial charge in [0.15, 0.2) is 17.3 Å². The Balaban J connectivity index is 3.21. The summed E-state index contributed by atoms with van der Waals surface area (Å²) in [5.74, 6) is 1.25. The third-order valence-corrected chi connectivity index (χ3v) is 2.59. The maximum Gasteiger partial charge on any atom is 0.175 e. The molecule has 4 heteroatoms. The second-order valence-electron chi connectivity index (χ2n) is 3.21. The van der Waals surface area contributed by atoms with Gasteiger partial charge in [0, 0.05) is 5.56 Å². The number of Topliss-reactive ketones (excluding diaryl/α,β-unsaturated/α-hetero) is 1. The minimum Gasteiger partial charge on any atom is -0.490 e. The molecular weight excluding hydrogens is 272 g/mol. The predicted octanol–water partition coefficient (Wildman–Crippen LogP) is 3.45. The van der Waals surface area contributed by atoms with Crippen molar-refractivity contribution in [2.75, 3.05) is 13.2 Å². The van der Waals surface area contributed by atoms with Gasteiger partial charge in [-0.2, -0.15) is 0 Å². The van der Waals surface area contributed by atoms with E-state index in [0.29, 0.717) is 30.3 Å². The van der Waals surface area contributed by atoms with Crippen LogP contribution >= 0.6 is 15.9 Å². The van der Waals surface area contributed by atoms with Crippen LogP contribution in [0.15, 0.2) is 16.6 Å². The van der Waals surface area contributed by atoms with Crippen LogP contribution in [0, 0.1) is 0 Å². The first kappa shape index (κ1) is 13.0. The van der Waals surface area contributed by atoms with E-state index in [1.807, 2.05) is 13.8 Å². The van der Waals surface area contributed by atoms with Crippen LogP contribution in [0.4, 0.5) is 0 Å². The number of hydrogen-bond acceptors (Lipinski definition) is 3. The molecule has 0 atom stereocenters. The Hall–Kier alpha value is -1.03. The second-order valence-corrected chi connectivity index (χ2v) is 4.06. The highest BCUT2D eigenvalue weighted by atomic mass is 79.9. The number of ether oxygens (including phenoxy) is 2. The molecule has 0 fully saturated rings. The molecule has 0 N–H and O–H groups in total. The largest absolute Gasteiger partial charge is 0.490 e. The first-order valence-corrected chi connectivity index (χ1v) is 5.99. The summed E-state index contributed by atoms with van der Waals surface area (Å²) in [6.45, 7) is 6.41. The fraction of sp³-hybridized carbons (Fsp3) is 0.417. The van der Waals surface area contributed by atoms with Crippen molar-refractivity contribution in [2.24, 2.45) is 0 Å². The third-order valence-electron chi connectivity index (χ3n) is 2.00. The van der Waals surface area contributed by atoms with Gasteiger partial charge in [-0.3, -0.25) is 4.79 Å². The van der Waals surface area contributed by atoms with Crippen LogP contribution in [-0.4, -0.2) is 19.0 Å². The van der Waals surface area contributed by atoms with E-state index in [2.05, 4.69) is 15.9 Å².